The third-order valence-electron chi connectivity index (χ3n) is 5.58. The number of furan rings is 1. The summed E-state index contributed by atoms with van der Waals surface area (Å²) in [4.78, 5) is 2.58. The lowest BCUT2D eigenvalue weighted by Gasteiger charge is -2.35. The highest BCUT2D eigenvalue weighted by Crippen LogP contribution is 2.30. The number of likely N-dealkylation sites (tertiary alicyclic amines) is 1. The highest BCUT2D eigenvalue weighted by molar-refractivity contribution is 5.15. The van der Waals surface area contributed by atoms with Crippen LogP contribution in [0.25, 0.3) is 0 Å². The van der Waals surface area contributed by atoms with Crippen LogP contribution >= 0.6 is 0 Å². The molecule has 1 aliphatic heterocycles. The van der Waals surface area contributed by atoms with Crippen LogP contribution in [-0.4, -0.2) is 30.1 Å². The Hall–Kier alpha value is -1.58. The molecule has 0 amide bonds. The number of rotatable bonds is 7. The molecule has 1 aromatic heterocycles. The predicted molar refractivity (Wildman–Crippen MR) is 108 cm³/mol. The van der Waals surface area contributed by atoms with Crippen molar-refractivity contribution in [2.24, 2.45) is 0 Å². The molecule has 0 radical (unpaired) electrons. The normalized spacial score (nSPS) is 18.2. The molecular formula is C23H34N2O. The molecule has 1 fully saturated rings. The Morgan fingerprint density at radius 1 is 1.12 bits per heavy atom. The van der Waals surface area contributed by atoms with Crippen LogP contribution in [0.1, 0.15) is 57.1 Å². The Labute approximate surface area is 158 Å². The summed E-state index contributed by atoms with van der Waals surface area (Å²) in [6.07, 6.45) is 3.55. The van der Waals surface area contributed by atoms with E-state index in [1.165, 1.54) is 31.5 Å². The van der Waals surface area contributed by atoms with Gasteiger partial charge in [0.25, 0.3) is 0 Å². The van der Waals surface area contributed by atoms with Gasteiger partial charge in [0.15, 0.2) is 0 Å². The topological polar surface area (TPSA) is 28.4 Å². The van der Waals surface area contributed by atoms with E-state index >= 15 is 0 Å². The second-order valence-electron chi connectivity index (χ2n) is 8.60. The molecule has 3 nitrogen and oxygen atoms in total. The van der Waals surface area contributed by atoms with Gasteiger partial charge in [0.1, 0.15) is 11.5 Å². The fourth-order valence-corrected chi connectivity index (χ4v) is 4.22. The Bertz CT molecular complexity index is 669. The van der Waals surface area contributed by atoms with Crippen molar-refractivity contribution in [3.63, 3.8) is 0 Å². The minimum absolute atomic E-state index is 0.0642. The quantitative estimate of drug-likeness (QED) is 0.767. The molecule has 1 N–H and O–H groups in total. The maximum Gasteiger partial charge on any atom is 0.109 e. The maximum absolute atomic E-state index is 5.88. The maximum atomic E-state index is 5.88. The van der Waals surface area contributed by atoms with Gasteiger partial charge >= 0.3 is 0 Å². The fraction of sp³-hybridized carbons (Fsp3) is 0.565. The Kier molecular flexibility index (Phi) is 6.20. The van der Waals surface area contributed by atoms with Crippen molar-refractivity contribution in [2.75, 3.05) is 13.1 Å². The summed E-state index contributed by atoms with van der Waals surface area (Å²) in [5.41, 5.74) is 1.48. The number of nitrogens with one attached hydrogen (secondary N) is 1. The average molecular weight is 355 g/mol. The molecule has 0 unspecified atom stereocenters. The zero-order valence-corrected chi connectivity index (χ0v) is 16.8. The van der Waals surface area contributed by atoms with Gasteiger partial charge in [0.05, 0.1) is 0 Å². The van der Waals surface area contributed by atoms with Crippen LogP contribution in [0, 0.1) is 6.92 Å². The molecule has 1 saturated heterocycles. The molecule has 0 saturated carbocycles. The molecule has 3 heteroatoms. The van der Waals surface area contributed by atoms with E-state index in [0.29, 0.717) is 12.1 Å². The van der Waals surface area contributed by atoms with Gasteiger partial charge in [-0.15, -0.1) is 0 Å². The molecule has 142 valence electrons. The molecule has 2 heterocycles. The molecule has 1 aromatic carbocycles. The van der Waals surface area contributed by atoms with E-state index in [1.807, 2.05) is 6.92 Å². The van der Waals surface area contributed by atoms with Crippen LogP contribution in [0.4, 0.5) is 0 Å². The molecule has 0 aliphatic carbocycles. The average Bonchev–Trinajstić information content (AvgIpc) is 3.05. The van der Waals surface area contributed by atoms with Crippen molar-refractivity contribution in [1.29, 1.82) is 0 Å². The minimum Gasteiger partial charge on any atom is -0.466 e. The number of piperidine rings is 1. The van der Waals surface area contributed by atoms with Crippen molar-refractivity contribution >= 4 is 0 Å². The van der Waals surface area contributed by atoms with Crippen molar-refractivity contribution in [3.8, 4) is 0 Å². The van der Waals surface area contributed by atoms with Gasteiger partial charge in [0.2, 0.25) is 0 Å². The number of hydrogen-bond acceptors (Lipinski definition) is 3. The molecule has 0 bridgehead atoms. The molecular weight excluding hydrogens is 320 g/mol. The summed E-state index contributed by atoms with van der Waals surface area (Å²) >= 11 is 0. The predicted octanol–water partition coefficient (Wildman–Crippen LogP) is 4.90. The van der Waals surface area contributed by atoms with Crippen LogP contribution in [0.2, 0.25) is 0 Å². The summed E-state index contributed by atoms with van der Waals surface area (Å²) in [5, 5.41) is 3.87. The van der Waals surface area contributed by atoms with Crippen LogP contribution in [0.5, 0.6) is 0 Å². The van der Waals surface area contributed by atoms with Gasteiger partial charge in [-0.1, -0.05) is 44.2 Å². The van der Waals surface area contributed by atoms with Crippen molar-refractivity contribution in [1.82, 2.24) is 10.2 Å². The minimum atomic E-state index is 0.0642. The lowest BCUT2D eigenvalue weighted by atomic mass is 9.83. The summed E-state index contributed by atoms with van der Waals surface area (Å²) in [6, 6.07) is 16.1. The molecule has 26 heavy (non-hydrogen) atoms. The molecule has 0 spiro atoms. The molecule has 1 atom stereocenters. The van der Waals surface area contributed by atoms with E-state index in [-0.39, 0.29) is 5.41 Å². The standard InChI is InChI=1S/C23H34N2O/c1-18(16-23(3,4)22-11-10-19(2)26-22)24-21-12-14-25(15-13-21)17-20-8-6-5-7-9-20/h5-11,18,21,24H,12-17H2,1-4H3/t18-/m1/s1. The van der Waals surface area contributed by atoms with E-state index in [9.17, 15) is 0 Å². The van der Waals surface area contributed by atoms with Gasteiger partial charge in [-0.2, -0.15) is 0 Å². The van der Waals surface area contributed by atoms with E-state index in [0.717, 1.165) is 24.5 Å². The second-order valence-corrected chi connectivity index (χ2v) is 8.60. The van der Waals surface area contributed by atoms with Crippen LogP contribution < -0.4 is 5.32 Å². The van der Waals surface area contributed by atoms with Gasteiger partial charge in [-0.05, 0) is 63.9 Å². The van der Waals surface area contributed by atoms with E-state index in [1.54, 1.807) is 0 Å². The van der Waals surface area contributed by atoms with Gasteiger partial charge < -0.3 is 9.73 Å². The Morgan fingerprint density at radius 3 is 2.42 bits per heavy atom. The van der Waals surface area contributed by atoms with Gasteiger partial charge in [-0.25, -0.2) is 0 Å². The van der Waals surface area contributed by atoms with Crippen molar-refractivity contribution < 1.29 is 4.42 Å². The first-order chi connectivity index (χ1) is 12.4. The van der Waals surface area contributed by atoms with E-state index < -0.39 is 0 Å². The van der Waals surface area contributed by atoms with Gasteiger partial charge in [-0.3, -0.25) is 4.90 Å². The van der Waals surface area contributed by atoms with E-state index in [2.05, 4.69) is 73.5 Å². The van der Waals surface area contributed by atoms with Crippen LogP contribution in [0.15, 0.2) is 46.9 Å². The highest BCUT2D eigenvalue weighted by atomic mass is 16.3. The first-order valence-corrected chi connectivity index (χ1v) is 10.0. The number of aryl methyl sites for hydroxylation is 1. The van der Waals surface area contributed by atoms with Crippen molar-refractivity contribution in [3.05, 3.63) is 59.5 Å². The number of benzene rings is 1. The Balaban J connectivity index is 1.44. The zero-order valence-electron chi connectivity index (χ0n) is 16.8. The summed E-state index contributed by atoms with van der Waals surface area (Å²) in [6.45, 7) is 12.3. The third kappa shape index (κ3) is 5.21. The highest BCUT2D eigenvalue weighted by Gasteiger charge is 2.28. The third-order valence-corrected chi connectivity index (χ3v) is 5.58. The largest absolute Gasteiger partial charge is 0.466 e. The first-order valence-electron chi connectivity index (χ1n) is 10.0. The number of nitrogens with zero attached hydrogens (tertiary/aromatic N) is 1. The van der Waals surface area contributed by atoms with Crippen molar-refractivity contribution in [2.45, 2.75) is 71.0 Å². The van der Waals surface area contributed by atoms with Crippen LogP contribution in [0.3, 0.4) is 0 Å². The summed E-state index contributed by atoms with van der Waals surface area (Å²) in [5.74, 6) is 2.10. The smallest absolute Gasteiger partial charge is 0.109 e. The summed E-state index contributed by atoms with van der Waals surface area (Å²) in [7, 11) is 0. The zero-order chi connectivity index (χ0) is 18.6. The molecule has 2 aromatic rings. The summed E-state index contributed by atoms with van der Waals surface area (Å²) < 4.78 is 5.88. The van der Waals surface area contributed by atoms with Gasteiger partial charge in [0, 0.05) is 24.0 Å². The fourth-order valence-electron chi connectivity index (χ4n) is 4.22. The lowest BCUT2D eigenvalue weighted by Crippen LogP contribution is -2.46. The molecule has 3 rings (SSSR count). The monoisotopic (exact) mass is 354 g/mol. The number of hydrogen-bond donors (Lipinski definition) is 1. The SMILES string of the molecule is Cc1ccc(C(C)(C)C[C@@H](C)NC2CCN(Cc3ccccc3)CC2)o1. The van der Waals surface area contributed by atoms with Crippen LogP contribution in [-0.2, 0) is 12.0 Å². The lowest BCUT2D eigenvalue weighted by molar-refractivity contribution is 0.180. The van der Waals surface area contributed by atoms with E-state index in [4.69, 9.17) is 4.42 Å². The Morgan fingerprint density at radius 2 is 1.81 bits per heavy atom. The molecule has 1 aliphatic rings. The second kappa shape index (κ2) is 8.41. The first kappa shape index (κ1) is 19.2.